The molecule has 5 heteroatoms. The van der Waals surface area contributed by atoms with Crippen LogP contribution in [0.15, 0.2) is 6.07 Å². The first-order valence-corrected chi connectivity index (χ1v) is 7.07. The molecule has 1 aromatic heterocycles. The maximum atomic E-state index is 12.4. The number of likely N-dealkylation sites (N-methyl/N-ethyl adjacent to an activating group) is 2. The molecular formula is C15H25N3O2. The zero-order chi connectivity index (χ0) is 15.3. The largest absolute Gasteiger partial charge is 0.358 e. The number of carbonyl (C=O) groups excluding carboxylic acids is 2. The molecule has 0 aromatic carbocycles. The van der Waals surface area contributed by atoms with Crippen molar-refractivity contribution >= 4 is 11.7 Å². The molecule has 112 valence electrons. The minimum Gasteiger partial charge on any atom is -0.358 e. The quantitative estimate of drug-likeness (QED) is 0.767. The van der Waals surface area contributed by atoms with Gasteiger partial charge in [0.05, 0.1) is 13.1 Å². The number of rotatable bonds is 7. The van der Waals surface area contributed by atoms with Gasteiger partial charge in [0.1, 0.15) is 0 Å². The van der Waals surface area contributed by atoms with Crippen LogP contribution in [0.25, 0.3) is 0 Å². The predicted octanol–water partition coefficient (Wildman–Crippen LogP) is 1.38. The highest BCUT2D eigenvalue weighted by molar-refractivity contribution is 5.99. The van der Waals surface area contributed by atoms with E-state index in [2.05, 4.69) is 16.8 Å². The Morgan fingerprint density at radius 1 is 1.25 bits per heavy atom. The molecule has 20 heavy (non-hydrogen) atoms. The van der Waals surface area contributed by atoms with E-state index in [1.807, 2.05) is 31.7 Å². The Balaban J connectivity index is 2.82. The van der Waals surface area contributed by atoms with Gasteiger partial charge in [-0.1, -0.05) is 6.92 Å². The molecule has 1 N–H and O–H groups in total. The predicted molar refractivity (Wildman–Crippen MR) is 80.1 cm³/mol. The first kappa shape index (κ1) is 16.4. The van der Waals surface area contributed by atoms with E-state index in [1.54, 1.807) is 7.05 Å². The van der Waals surface area contributed by atoms with Crippen LogP contribution in [0.1, 0.15) is 35.6 Å². The van der Waals surface area contributed by atoms with Gasteiger partial charge in [-0.15, -0.1) is 0 Å². The average molecular weight is 279 g/mol. The molecule has 0 aliphatic carbocycles. The summed E-state index contributed by atoms with van der Waals surface area (Å²) in [4.78, 5) is 25.6. The van der Waals surface area contributed by atoms with E-state index in [0.717, 1.165) is 23.5 Å². The van der Waals surface area contributed by atoms with Crippen LogP contribution >= 0.6 is 0 Å². The van der Waals surface area contributed by atoms with Gasteiger partial charge < -0.3 is 9.88 Å². The lowest BCUT2D eigenvalue weighted by molar-refractivity contribution is -0.121. The van der Waals surface area contributed by atoms with Gasteiger partial charge in [-0.2, -0.15) is 0 Å². The van der Waals surface area contributed by atoms with E-state index in [-0.39, 0.29) is 24.8 Å². The van der Waals surface area contributed by atoms with E-state index in [4.69, 9.17) is 0 Å². The Morgan fingerprint density at radius 3 is 2.35 bits per heavy atom. The van der Waals surface area contributed by atoms with Gasteiger partial charge in [-0.25, -0.2) is 0 Å². The van der Waals surface area contributed by atoms with Crippen molar-refractivity contribution in [2.24, 2.45) is 0 Å². The van der Waals surface area contributed by atoms with Gasteiger partial charge in [0.25, 0.3) is 0 Å². The van der Waals surface area contributed by atoms with Gasteiger partial charge in [-0.05, 0) is 33.4 Å². The molecule has 0 saturated carbocycles. The highest BCUT2D eigenvalue weighted by Gasteiger charge is 2.18. The Labute approximate surface area is 120 Å². The second kappa shape index (κ2) is 7.24. The maximum Gasteiger partial charge on any atom is 0.233 e. The zero-order valence-corrected chi connectivity index (χ0v) is 13.1. The van der Waals surface area contributed by atoms with Crippen LogP contribution in [-0.2, 0) is 11.3 Å². The standard InChI is InChI=1S/C15H25N3O2/c1-6-17(10-15(20)16-5)9-14(19)13-8-11(3)18(7-2)12(13)4/h8H,6-7,9-10H2,1-5H3,(H,16,20). The fourth-order valence-corrected chi connectivity index (χ4v) is 2.42. The number of nitrogens with zero attached hydrogens (tertiary/aromatic N) is 2. The number of hydrogen-bond acceptors (Lipinski definition) is 3. The van der Waals surface area contributed by atoms with Crippen molar-refractivity contribution in [2.75, 3.05) is 26.7 Å². The summed E-state index contributed by atoms with van der Waals surface area (Å²) < 4.78 is 2.13. The monoisotopic (exact) mass is 279 g/mol. The Hall–Kier alpha value is -1.62. The van der Waals surface area contributed by atoms with E-state index in [1.165, 1.54) is 0 Å². The molecule has 0 aliphatic rings. The topological polar surface area (TPSA) is 54.3 Å². The zero-order valence-electron chi connectivity index (χ0n) is 13.1. The number of amides is 1. The number of nitrogens with one attached hydrogen (secondary N) is 1. The van der Waals surface area contributed by atoms with Crippen molar-refractivity contribution in [3.63, 3.8) is 0 Å². The second-order valence-electron chi connectivity index (χ2n) is 4.93. The van der Waals surface area contributed by atoms with Crippen molar-refractivity contribution in [3.8, 4) is 0 Å². The van der Waals surface area contributed by atoms with E-state index >= 15 is 0 Å². The summed E-state index contributed by atoms with van der Waals surface area (Å²) >= 11 is 0. The van der Waals surface area contributed by atoms with Gasteiger partial charge in [0, 0.05) is 30.5 Å². The number of aromatic nitrogens is 1. The minimum atomic E-state index is -0.0707. The van der Waals surface area contributed by atoms with Crippen molar-refractivity contribution in [1.29, 1.82) is 0 Å². The summed E-state index contributed by atoms with van der Waals surface area (Å²) in [5.41, 5.74) is 2.87. The molecular weight excluding hydrogens is 254 g/mol. The second-order valence-corrected chi connectivity index (χ2v) is 4.93. The van der Waals surface area contributed by atoms with Gasteiger partial charge in [0.15, 0.2) is 5.78 Å². The SMILES string of the molecule is CCN(CC(=O)NC)CC(=O)c1cc(C)n(CC)c1C. The highest BCUT2D eigenvalue weighted by atomic mass is 16.2. The Bertz CT molecular complexity index is 492. The smallest absolute Gasteiger partial charge is 0.233 e. The minimum absolute atomic E-state index is 0.0707. The van der Waals surface area contributed by atoms with Crippen LogP contribution in [0.2, 0.25) is 0 Å². The van der Waals surface area contributed by atoms with Crippen molar-refractivity contribution in [2.45, 2.75) is 34.2 Å². The van der Waals surface area contributed by atoms with E-state index in [0.29, 0.717) is 6.54 Å². The molecule has 0 aliphatic heterocycles. The van der Waals surface area contributed by atoms with Crippen LogP contribution < -0.4 is 5.32 Å². The summed E-state index contributed by atoms with van der Waals surface area (Å²) in [5, 5.41) is 2.58. The highest BCUT2D eigenvalue weighted by Crippen LogP contribution is 2.16. The third kappa shape index (κ3) is 3.70. The first-order valence-electron chi connectivity index (χ1n) is 7.07. The third-order valence-electron chi connectivity index (χ3n) is 3.65. The number of ketones is 1. The number of hydrogen-bond donors (Lipinski definition) is 1. The van der Waals surface area contributed by atoms with Crippen LogP contribution in [0.4, 0.5) is 0 Å². The van der Waals surface area contributed by atoms with E-state index < -0.39 is 0 Å². The molecule has 0 spiro atoms. The van der Waals surface area contributed by atoms with Crippen LogP contribution in [0.5, 0.6) is 0 Å². The first-order chi connectivity index (χ1) is 9.44. The third-order valence-corrected chi connectivity index (χ3v) is 3.65. The van der Waals surface area contributed by atoms with Gasteiger partial charge in [0.2, 0.25) is 5.91 Å². The molecule has 1 rings (SSSR count). The number of aryl methyl sites for hydroxylation is 1. The molecule has 1 amide bonds. The molecule has 0 bridgehead atoms. The maximum absolute atomic E-state index is 12.4. The van der Waals surface area contributed by atoms with Gasteiger partial charge in [-0.3, -0.25) is 14.5 Å². The molecule has 1 aromatic rings. The lowest BCUT2D eigenvalue weighted by Crippen LogP contribution is -2.38. The molecule has 0 unspecified atom stereocenters. The molecule has 0 atom stereocenters. The molecule has 0 fully saturated rings. The summed E-state index contributed by atoms with van der Waals surface area (Å²) in [5.74, 6) is 0.00207. The molecule has 5 nitrogen and oxygen atoms in total. The van der Waals surface area contributed by atoms with Crippen molar-refractivity contribution < 1.29 is 9.59 Å². The molecule has 0 saturated heterocycles. The van der Waals surface area contributed by atoms with Crippen LogP contribution in [-0.4, -0.2) is 47.8 Å². The number of Topliss-reactive ketones (excluding diaryl/α,β-unsaturated/α-hetero) is 1. The van der Waals surface area contributed by atoms with Crippen LogP contribution in [0.3, 0.4) is 0 Å². The Kier molecular flexibility index (Phi) is 5.95. The fourth-order valence-electron chi connectivity index (χ4n) is 2.42. The summed E-state index contributed by atoms with van der Waals surface area (Å²) in [6.45, 7) is 10.1. The molecule has 0 radical (unpaired) electrons. The van der Waals surface area contributed by atoms with Crippen molar-refractivity contribution in [1.82, 2.24) is 14.8 Å². The average Bonchev–Trinajstić information content (AvgIpc) is 2.72. The normalized spacial score (nSPS) is 10.9. The van der Waals surface area contributed by atoms with Crippen LogP contribution in [0, 0.1) is 13.8 Å². The number of carbonyl (C=O) groups is 2. The summed E-state index contributed by atoms with van der Waals surface area (Å²) in [6, 6.07) is 1.94. The fraction of sp³-hybridized carbons (Fsp3) is 0.600. The van der Waals surface area contributed by atoms with Crippen molar-refractivity contribution in [3.05, 3.63) is 23.0 Å². The Morgan fingerprint density at radius 2 is 1.90 bits per heavy atom. The van der Waals surface area contributed by atoms with E-state index in [9.17, 15) is 9.59 Å². The summed E-state index contributed by atoms with van der Waals surface area (Å²) in [7, 11) is 1.60. The lowest BCUT2D eigenvalue weighted by atomic mass is 10.1. The van der Waals surface area contributed by atoms with Gasteiger partial charge >= 0.3 is 0 Å². The summed E-state index contributed by atoms with van der Waals surface area (Å²) in [6.07, 6.45) is 0. The molecule has 1 heterocycles. The lowest BCUT2D eigenvalue weighted by Gasteiger charge is -2.18.